The molecule has 3 N–H and O–H groups in total. The van der Waals surface area contributed by atoms with E-state index in [-0.39, 0.29) is 11.9 Å². The van der Waals surface area contributed by atoms with Gasteiger partial charge in [-0.15, -0.1) is 0 Å². The third-order valence-corrected chi connectivity index (χ3v) is 5.88. The van der Waals surface area contributed by atoms with E-state index in [0.29, 0.717) is 5.56 Å². The molecule has 0 aliphatic carbocycles. The molecule has 2 aromatic heterocycles. The summed E-state index contributed by atoms with van der Waals surface area (Å²) in [5.41, 5.74) is 3.68. The number of H-pyrrole nitrogens is 2. The minimum absolute atomic E-state index is 0.0368. The average Bonchev–Trinajstić information content (AvgIpc) is 3.47. The lowest BCUT2D eigenvalue weighted by Crippen LogP contribution is -2.48. The van der Waals surface area contributed by atoms with Crippen molar-refractivity contribution in [3.8, 4) is 17.0 Å². The van der Waals surface area contributed by atoms with Crippen LogP contribution >= 0.6 is 0 Å². The van der Waals surface area contributed by atoms with Gasteiger partial charge >= 0.3 is 0 Å². The number of carbonyl (C=O) groups is 1. The molecule has 1 saturated heterocycles. The van der Waals surface area contributed by atoms with Crippen molar-refractivity contribution in [3.63, 3.8) is 0 Å². The highest BCUT2D eigenvalue weighted by Gasteiger charge is 2.24. The SMILES string of the molecule is COc1ccc(-c2cc(N3CCCC(NC(=O)c4c[nH]c5ccccc45)C3)n[nH]2)cc1. The molecule has 158 valence electrons. The second-order valence-corrected chi connectivity index (χ2v) is 7.87. The van der Waals surface area contributed by atoms with Gasteiger partial charge in [-0.1, -0.05) is 18.2 Å². The molecule has 0 radical (unpaired) electrons. The molecule has 1 aliphatic heterocycles. The number of aromatic amines is 2. The summed E-state index contributed by atoms with van der Waals surface area (Å²) in [5, 5.41) is 11.8. The first-order chi connectivity index (χ1) is 15.2. The van der Waals surface area contributed by atoms with Gasteiger partial charge in [0.05, 0.1) is 18.4 Å². The number of fused-ring (bicyclic) bond motifs is 1. The van der Waals surface area contributed by atoms with E-state index in [1.165, 1.54) is 0 Å². The fourth-order valence-electron chi connectivity index (χ4n) is 4.22. The van der Waals surface area contributed by atoms with Gasteiger partial charge in [0, 0.05) is 42.3 Å². The molecular formula is C24H25N5O2. The number of nitrogens with one attached hydrogen (secondary N) is 3. The van der Waals surface area contributed by atoms with Crippen molar-refractivity contribution in [2.45, 2.75) is 18.9 Å². The van der Waals surface area contributed by atoms with E-state index >= 15 is 0 Å². The zero-order valence-electron chi connectivity index (χ0n) is 17.4. The first kappa shape index (κ1) is 19.2. The molecule has 3 heterocycles. The van der Waals surface area contributed by atoms with E-state index in [9.17, 15) is 4.79 Å². The molecule has 1 fully saturated rings. The van der Waals surface area contributed by atoms with Gasteiger partial charge in [0.2, 0.25) is 0 Å². The Bertz CT molecular complexity index is 1190. The zero-order valence-corrected chi connectivity index (χ0v) is 17.4. The van der Waals surface area contributed by atoms with Crippen molar-refractivity contribution in [1.29, 1.82) is 0 Å². The number of rotatable bonds is 5. The van der Waals surface area contributed by atoms with Gasteiger partial charge in [0.15, 0.2) is 5.82 Å². The molecule has 1 amide bonds. The number of aromatic nitrogens is 3. The largest absolute Gasteiger partial charge is 0.497 e. The fraction of sp³-hybridized carbons (Fsp3) is 0.250. The van der Waals surface area contributed by atoms with Crippen LogP contribution in [0.5, 0.6) is 5.75 Å². The van der Waals surface area contributed by atoms with Gasteiger partial charge in [-0.05, 0) is 48.7 Å². The molecule has 7 heteroatoms. The lowest BCUT2D eigenvalue weighted by atomic mass is 10.0. The maximum absolute atomic E-state index is 12.9. The van der Waals surface area contributed by atoms with Crippen LogP contribution < -0.4 is 15.0 Å². The molecule has 1 atom stereocenters. The Hall–Kier alpha value is -3.74. The monoisotopic (exact) mass is 415 g/mol. The third-order valence-electron chi connectivity index (χ3n) is 5.88. The normalized spacial score (nSPS) is 16.4. The predicted octanol–water partition coefficient (Wildman–Crippen LogP) is 3.97. The summed E-state index contributed by atoms with van der Waals surface area (Å²) in [7, 11) is 1.66. The maximum atomic E-state index is 12.9. The molecule has 4 aromatic rings. The molecule has 0 bridgehead atoms. The highest BCUT2D eigenvalue weighted by molar-refractivity contribution is 6.06. The summed E-state index contributed by atoms with van der Waals surface area (Å²) in [6.07, 6.45) is 3.75. The van der Waals surface area contributed by atoms with Gasteiger partial charge in [-0.3, -0.25) is 9.89 Å². The van der Waals surface area contributed by atoms with E-state index in [2.05, 4.69) is 31.5 Å². The number of benzene rings is 2. The minimum atomic E-state index is -0.0368. The van der Waals surface area contributed by atoms with E-state index < -0.39 is 0 Å². The Morgan fingerprint density at radius 3 is 2.87 bits per heavy atom. The molecule has 2 aromatic carbocycles. The van der Waals surface area contributed by atoms with Gasteiger partial charge in [-0.25, -0.2) is 0 Å². The van der Waals surface area contributed by atoms with Crippen LogP contribution in [0.1, 0.15) is 23.2 Å². The van der Waals surface area contributed by atoms with Crippen molar-refractivity contribution < 1.29 is 9.53 Å². The second kappa shape index (κ2) is 8.18. The van der Waals surface area contributed by atoms with Crippen LogP contribution in [-0.2, 0) is 0 Å². The smallest absolute Gasteiger partial charge is 0.253 e. The number of methoxy groups -OCH3 is 1. The molecule has 1 unspecified atom stereocenters. The average molecular weight is 415 g/mol. The molecule has 7 nitrogen and oxygen atoms in total. The predicted molar refractivity (Wildman–Crippen MR) is 122 cm³/mol. The Morgan fingerprint density at radius 1 is 1.19 bits per heavy atom. The van der Waals surface area contributed by atoms with Crippen LogP contribution in [0.4, 0.5) is 5.82 Å². The van der Waals surface area contributed by atoms with Crippen LogP contribution in [-0.4, -0.2) is 47.3 Å². The molecular weight excluding hydrogens is 390 g/mol. The first-order valence-electron chi connectivity index (χ1n) is 10.5. The molecule has 0 spiro atoms. The number of ether oxygens (including phenoxy) is 1. The summed E-state index contributed by atoms with van der Waals surface area (Å²) >= 11 is 0. The zero-order chi connectivity index (χ0) is 21.2. The van der Waals surface area contributed by atoms with Crippen LogP contribution in [0.15, 0.2) is 60.8 Å². The molecule has 5 rings (SSSR count). The standard InChI is InChI=1S/C24H25N5O2/c1-31-18-10-8-16(9-11-18)22-13-23(28-27-22)29-12-4-5-17(15-29)26-24(30)20-14-25-21-7-3-2-6-19(20)21/h2-3,6-11,13-14,17,25H,4-5,12,15H2,1H3,(H,26,30)(H,27,28). The van der Waals surface area contributed by atoms with Gasteiger partial charge in [0.1, 0.15) is 5.75 Å². The Balaban J connectivity index is 1.27. The van der Waals surface area contributed by atoms with E-state index in [1.54, 1.807) is 13.3 Å². The molecule has 1 aliphatic rings. The van der Waals surface area contributed by atoms with Gasteiger partial charge in [-0.2, -0.15) is 5.10 Å². The Morgan fingerprint density at radius 2 is 2.03 bits per heavy atom. The van der Waals surface area contributed by atoms with E-state index in [4.69, 9.17) is 4.74 Å². The number of carbonyl (C=O) groups excluding carboxylic acids is 1. The van der Waals surface area contributed by atoms with Crippen molar-refractivity contribution in [2.24, 2.45) is 0 Å². The van der Waals surface area contributed by atoms with Gasteiger partial charge < -0.3 is 19.9 Å². The van der Waals surface area contributed by atoms with E-state index in [0.717, 1.165) is 59.7 Å². The van der Waals surface area contributed by atoms with Crippen LogP contribution in [0.3, 0.4) is 0 Å². The Kier molecular flexibility index (Phi) is 5.08. The molecule has 31 heavy (non-hydrogen) atoms. The lowest BCUT2D eigenvalue weighted by molar-refractivity contribution is 0.0935. The first-order valence-corrected chi connectivity index (χ1v) is 10.5. The van der Waals surface area contributed by atoms with Crippen LogP contribution in [0, 0.1) is 0 Å². The highest BCUT2D eigenvalue weighted by atomic mass is 16.5. The summed E-state index contributed by atoms with van der Waals surface area (Å²) in [5.74, 6) is 1.69. The third kappa shape index (κ3) is 3.86. The number of nitrogens with zero attached hydrogens (tertiary/aromatic N) is 2. The summed E-state index contributed by atoms with van der Waals surface area (Å²) in [6, 6.07) is 17.9. The number of amides is 1. The van der Waals surface area contributed by atoms with Crippen molar-refractivity contribution in [3.05, 3.63) is 66.4 Å². The van der Waals surface area contributed by atoms with Crippen molar-refractivity contribution in [2.75, 3.05) is 25.1 Å². The summed E-state index contributed by atoms with van der Waals surface area (Å²) < 4.78 is 5.23. The number of hydrogen-bond acceptors (Lipinski definition) is 4. The lowest BCUT2D eigenvalue weighted by Gasteiger charge is -2.33. The van der Waals surface area contributed by atoms with Crippen LogP contribution in [0.2, 0.25) is 0 Å². The summed E-state index contributed by atoms with van der Waals surface area (Å²) in [4.78, 5) is 18.3. The number of hydrogen-bond donors (Lipinski definition) is 3. The van der Waals surface area contributed by atoms with Gasteiger partial charge in [0.25, 0.3) is 5.91 Å². The van der Waals surface area contributed by atoms with Crippen LogP contribution in [0.25, 0.3) is 22.2 Å². The quantitative estimate of drug-likeness (QED) is 0.460. The van der Waals surface area contributed by atoms with Crippen molar-refractivity contribution in [1.82, 2.24) is 20.5 Å². The fourth-order valence-corrected chi connectivity index (χ4v) is 4.22. The second-order valence-electron chi connectivity index (χ2n) is 7.87. The number of piperidine rings is 1. The summed E-state index contributed by atoms with van der Waals surface area (Å²) in [6.45, 7) is 1.66. The number of anilines is 1. The van der Waals surface area contributed by atoms with E-state index in [1.807, 2.05) is 48.5 Å². The topological polar surface area (TPSA) is 86.0 Å². The van der Waals surface area contributed by atoms with Crippen molar-refractivity contribution >= 4 is 22.6 Å². The highest BCUT2D eigenvalue weighted by Crippen LogP contribution is 2.26. The number of para-hydroxylation sites is 1. The minimum Gasteiger partial charge on any atom is -0.497 e. The Labute approximate surface area is 180 Å². The molecule has 0 saturated carbocycles. The maximum Gasteiger partial charge on any atom is 0.253 e.